The van der Waals surface area contributed by atoms with Crippen LogP contribution < -0.4 is 10.7 Å². The first-order chi connectivity index (χ1) is 15.9. The van der Waals surface area contributed by atoms with Crippen LogP contribution in [0.4, 0.5) is 9.59 Å². The summed E-state index contributed by atoms with van der Waals surface area (Å²) in [5.41, 5.74) is 3.62. The molecule has 172 valence electrons. The maximum Gasteiger partial charge on any atom is 0.411 e. The second kappa shape index (κ2) is 8.30. The van der Waals surface area contributed by atoms with Crippen LogP contribution in [0.15, 0.2) is 59.7 Å². The average Bonchev–Trinajstić information content (AvgIpc) is 3.40. The zero-order valence-corrected chi connectivity index (χ0v) is 19.3. The number of hydrogen-bond acceptors (Lipinski definition) is 5. The number of carbonyl (C=O) groups excluding carboxylic acids is 2. The van der Waals surface area contributed by atoms with Crippen molar-refractivity contribution in [2.75, 3.05) is 13.1 Å². The molecule has 3 fully saturated rings. The lowest BCUT2D eigenvalue weighted by Gasteiger charge is -2.38. The standard InChI is InChI=1S/C24H27N5O3S/c1-17(18-8-4-2-5-9-18)26-27-20(33)25-21(30)28-14-10-19(11-15-28)29-22(31)32-24-13-7-3-6-12-23(24,29)16-24/h2,4-9,12-13,19H,3,10-11,14-16H2,1H3,(H2,25,27,30,33)/b26-17+. The fourth-order valence-corrected chi connectivity index (χ4v) is 5.27. The Kier molecular flexibility index (Phi) is 5.44. The molecule has 2 heterocycles. The Bertz CT molecular complexity index is 1060. The molecule has 2 aliphatic carbocycles. The Morgan fingerprint density at radius 1 is 1.18 bits per heavy atom. The van der Waals surface area contributed by atoms with Gasteiger partial charge in [-0.1, -0.05) is 48.6 Å². The Hall–Kier alpha value is -3.20. The predicted molar refractivity (Wildman–Crippen MR) is 129 cm³/mol. The second-order valence-electron chi connectivity index (χ2n) is 8.92. The first-order valence-corrected chi connectivity index (χ1v) is 11.7. The van der Waals surface area contributed by atoms with E-state index in [0.29, 0.717) is 25.9 Å². The van der Waals surface area contributed by atoms with Gasteiger partial charge in [0.05, 0.1) is 5.71 Å². The van der Waals surface area contributed by atoms with Crippen LogP contribution in [0.3, 0.4) is 0 Å². The molecule has 0 bridgehead atoms. The van der Waals surface area contributed by atoms with Crippen LogP contribution in [0.1, 0.15) is 38.2 Å². The highest BCUT2D eigenvalue weighted by atomic mass is 32.1. The van der Waals surface area contributed by atoms with E-state index in [4.69, 9.17) is 17.0 Å². The van der Waals surface area contributed by atoms with Gasteiger partial charge in [0.15, 0.2) is 10.7 Å². The monoisotopic (exact) mass is 465 g/mol. The highest BCUT2D eigenvalue weighted by Gasteiger charge is 2.78. The lowest BCUT2D eigenvalue weighted by molar-refractivity contribution is 0.0898. The highest BCUT2D eigenvalue weighted by molar-refractivity contribution is 7.80. The molecule has 0 radical (unpaired) electrons. The average molecular weight is 466 g/mol. The third kappa shape index (κ3) is 3.80. The topological polar surface area (TPSA) is 86.3 Å². The Labute approximate surface area is 198 Å². The van der Waals surface area contributed by atoms with Crippen LogP contribution in [0.25, 0.3) is 0 Å². The number of urea groups is 1. The number of carbonyl (C=O) groups is 2. The first-order valence-electron chi connectivity index (χ1n) is 11.3. The summed E-state index contributed by atoms with van der Waals surface area (Å²) >= 11 is 5.23. The number of hydrogen-bond donors (Lipinski definition) is 2. The maximum absolute atomic E-state index is 12.7. The van der Waals surface area contributed by atoms with Gasteiger partial charge < -0.3 is 9.64 Å². The quantitative estimate of drug-likeness (QED) is 0.310. The molecule has 1 aromatic carbocycles. The summed E-state index contributed by atoms with van der Waals surface area (Å²) in [6.45, 7) is 2.95. The van der Waals surface area contributed by atoms with E-state index in [2.05, 4.69) is 34.1 Å². The van der Waals surface area contributed by atoms with E-state index in [1.54, 1.807) is 4.90 Å². The zero-order valence-electron chi connectivity index (χ0n) is 18.5. The number of rotatable bonds is 3. The van der Waals surface area contributed by atoms with Crippen LogP contribution in [0, 0.1) is 0 Å². The summed E-state index contributed by atoms with van der Waals surface area (Å²) in [5, 5.41) is 7.09. The van der Waals surface area contributed by atoms with E-state index in [-0.39, 0.29) is 28.8 Å². The number of hydrazone groups is 1. The molecule has 9 heteroatoms. The number of amides is 3. The molecule has 2 unspecified atom stereocenters. The van der Waals surface area contributed by atoms with Crippen molar-refractivity contribution in [2.24, 2.45) is 5.10 Å². The summed E-state index contributed by atoms with van der Waals surface area (Å²) in [6.07, 6.45) is 11.2. The van der Waals surface area contributed by atoms with Gasteiger partial charge in [-0.3, -0.25) is 15.6 Å². The van der Waals surface area contributed by atoms with Crippen LogP contribution in [0.2, 0.25) is 0 Å². The minimum atomic E-state index is -0.498. The number of ether oxygens (including phenoxy) is 1. The van der Waals surface area contributed by atoms with E-state index in [1.807, 2.05) is 48.2 Å². The predicted octanol–water partition coefficient (Wildman–Crippen LogP) is 3.31. The van der Waals surface area contributed by atoms with E-state index >= 15 is 0 Å². The van der Waals surface area contributed by atoms with Gasteiger partial charge in [0, 0.05) is 25.6 Å². The molecule has 33 heavy (non-hydrogen) atoms. The number of likely N-dealkylation sites (tertiary alicyclic amines) is 1. The molecular formula is C24H27N5O3S. The summed E-state index contributed by atoms with van der Waals surface area (Å²) in [6, 6.07) is 9.50. The van der Waals surface area contributed by atoms with Crippen molar-refractivity contribution in [1.29, 1.82) is 0 Å². The number of nitrogens with zero attached hydrogens (tertiary/aromatic N) is 3. The van der Waals surface area contributed by atoms with Crippen molar-refractivity contribution in [3.63, 3.8) is 0 Å². The Morgan fingerprint density at radius 2 is 1.91 bits per heavy atom. The van der Waals surface area contributed by atoms with Crippen molar-refractivity contribution in [3.05, 3.63) is 60.2 Å². The molecule has 1 aromatic rings. The third-order valence-electron chi connectivity index (χ3n) is 6.94. The molecule has 2 atom stereocenters. The third-order valence-corrected chi connectivity index (χ3v) is 7.14. The Balaban J connectivity index is 1.14. The molecule has 5 rings (SSSR count). The highest BCUT2D eigenvalue weighted by Crippen LogP contribution is 2.63. The van der Waals surface area contributed by atoms with E-state index in [9.17, 15) is 9.59 Å². The smallest absolute Gasteiger partial charge is 0.411 e. The molecule has 4 aliphatic rings. The van der Waals surface area contributed by atoms with Gasteiger partial charge in [0.1, 0.15) is 5.54 Å². The van der Waals surface area contributed by atoms with Gasteiger partial charge in [-0.2, -0.15) is 5.10 Å². The normalized spacial score (nSPS) is 28.5. The molecule has 8 nitrogen and oxygen atoms in total. The van der Waals surface area contributed by atoms with Crippen molar-refractivity contribution in [2.45, 2.75) is 49.8 Å². The molecule has 2 N–H and O–H groups in total. The number of piperidine rings is 1. The second-order valence-corrected chi connectivity index (χ2v) is 9.33. The number of benzene rings is 1. The lowest BCUT2D eigenvalue weighted by Crippen LogP contribution is -2.54. The van der Waals surface area contributed by atoms with Crippen molar-refractivity contribution in [3.8, 4) is 0 Å². The van der Waals surface area contributed by atoms with Crippen LogP contribution in [-0.4, -0.2) is 63.0 Å². The number of thiocarbonyl (C=S) groups is 1. The van der Waals surface area contributed by atoms with E-state index < -0.39 is 5.60 Å². The summed E-state index contributed by atoms with van der Waals surface area (Å²) in [4.78, 5) is 29.0. The molecule has 1 saturated carbocycles. The van der Waals surface area contributed by atoms with E-state index in [1.165, 1.54) is 0 Å². The summed E-state index contributed by atoms with van der Waals surface area (Å²) in [7, 11) is 0. The fourth-order valence-electron chi connectivity index (χ4n) is 5.14. The van der Waals surface area contributed by atoms with Gasteiger partial charge in [0.25, 0.3) is 0 Å². The first kappa shape index (κ1) is 21.6. The van der Waals surface area contributed by atoms with Crippen LogP contribution in [0.5, 0.6) is 0 Å². The largest absolute Gasteiger partial charge is 0.436 e. The number of allylic oxidation sites excluding steroid dienone is 2. The van der Waals surface area contributed by atoms with E-state index in [0.717, 1.165) is 24.1 Å². The van der Waals surface area contributed by atoms with Gasteiger partial charge >= 0.3 is 12.1 Å². The minimum Gasteiger partial charge on any atom is -0.436 e. The summed E-state index contributed by atoms with van der Waals surface area (Å²) in [5.74, 6) is 0. The molecular weight excluding hydrogens is 438 g/mol. The van der Waals surface area contributed by atoms with Gasteiger partial charge in [-0.15, -0.1) is 0 Å². The van der Waals surface area contributed by atoms with Gasteiger partial charge in [-0.05, 0) is 50.0 Å². The van der Waals surface area contributed by atoms with Gasteiger partial charge in [-0.25, -0.2) is 9.59 Å². The molecule has 0 aromatic heterocycles. The molecule has 2 aliphatic heterocycles. The van der Waals surface area contributed by atoms with Crippen molar-refractivity contribution < 1.29 is 14.3 Å². The fraction of sp³-hybridized carbons (Fsp3) is 0.417. The van der Waals surface area contributed by atoms with Gasteiger partial charge in [0.2, 0.25) is 0 Å². The number of nitrogens with one attached hydrogen (secondary N) is 2. The van der Waals surface area contributed by atoms with Crippen LogP contribution in [-0.2, 0) is 4.74 Å². The Morgan fingerprint density at radius 3 is 2.67 bits per heavy atom. The van der Waals surface area contributed by atoms with Crippen molar-refractivity contribution >= 4 is 35.2 Å². The summed E-state index contributed by atoms with van der Waals surface area (Å²) < 4.78 is 5.79. The van der Waals surface area contributed by atoms with Crippen LogP contribution >= 0.6 is 12.2 Å². The zero-order chi connectivity index (χ0) is 23.1. The SMILES string of the molecule is C/C(=N\NC(=S)NC(=O)N1CCC(N2C(=O)OC34C=CCC=CC23C4)CC1)c1ccccc1. The molecule has 3 amide bonds. The minimum absolute atomic E-state index is 0.0465. The lowest BCUT2D eigenvalue weighted by atomic mass is 10.00. The molecule has 2 saturated heterocycles. The van der Waals surface area contributed by atoms with Crippen molar-refractivity contribution in [1.82, 2.24) is 20.5 Å². The maximum atomic E-state index is 12.7. The molecule has 0 spiro atoms.